The highest BCUT2D eigenvalue weighted by molar-refractivity contribution is 5.23. The van der Waals surface area contributed by atoms with Gasteiger partial charge in [0.15, 0.2) is 17.5 Å². The van der Waals surface area contributed by atoms with Crippen molar-refractivity contribution in [1.82, 2.24) is 0 Å². The zero-order chi connectivity index (χ0) is 18.9. The molecule has 0 bridgehead atoms. The number of ether oxygens (including phenoxy) is 1. The Kier molecular flexibility index (Phi) is 5.90. The van der Waals surface area contributed by atoms with Crippen LogP contribution >= 0.6 is 0 Å². The van der Waals surface area contributed by atoms with Gasteiger partial charge in [0.25, 0.3) is 0 Å². The lowest BCUT2D eigenvalue weighted by molar-refractivity contribution is -0.301. The standard InChI is InChI=1S/C20H25F5O.2H2/c1-12-2-6-15(7-3-12)20(24,25)26-16-8-4-13(5-9-16)14-10-17(21)19(23)18(22)11-14;;/h10-13,15-16H,2-9H2,1H3;2*1H. The molecule has 0 N–H and O–H groups in total. The van der Waals surface area contributed by atoms with Crippen molar-refractivity contribution in [1.29, 1.82) is 0 Å². The van der Waals surface area contributed by atoms with Crippen molar-refractivity contribution in [3.05, 3.63) is 35.1 Å². The second-order valence-corrected chi connectivity index (χ2v) is 7.91. The van der Waals surface area contributed by atoms with Crippen molar-refractivity contribution >= 4 is 0 Å². The van der Waals surface area contributed by atoms with Gasteiger partial charge in [0.2, 0.25) is 0 Å². The van der Waals surface area contributed by atoms with E-state index >= 15 is 0 Å². The maximum Gasteiger partial charge on any atom is 0.358 e. The molecule has 26 heavy (non-hydrogen) atoms. The summed E-state index contributed by atoms with van der Waals surface area (Å²) in [6.45, 7) is 2.08. The Morgan fingerprint density at radius 2 is 1.42 bits per heavy atom. The Bertz CT molecular complexity index is 604. The molecule has 0 amide bonds. The fourth-order valence-electron chi connectivity index (χ4n) is 4.24. The summed E-state index contributed by atoms with van der Waals surface area (Å²) in [6, 6.07) is 2.00. The minimum atomic E-state index is -3.12. The summed E-state index contributed by atoms with van der Waals surface area (Å²) in [4.78, 5) is 0. The normalized spacial score (nSPS) is 30.4. The molecule has 0 heterocycles. The van der Waals surface area contributed by atoms with E-state index in [-0.39, 0.29) is 8.77 Å². The van der Waals surface area contributed by atoms with Crippen LogP contribution in [-0.4, -0.2) is 12.2 Å². The van der Waals surface area contributed by atoms with E-state index in [4.69, 9.17) is 4.74 Å². The van der Waals surface area contributed by atoms with Crippen LogP contribution in [0.15, 0.2) is 12.1 Å². The number of halogens is 5. The molecule has 0 atom stereocenters. The molecule has 150 valence electrons. The number of hydrogen-bond donors (Lipinski definition) is 0. The molecule has 2 saturated carbocycles. The lowest BCUT2D eigenvalue weighted by Crippen LogP contribution is -2.38. The third-order valence-corrected chi connectivity index (χ3v) is 5.97. The molecule has 2 aliphatic rings. The molecule has 6 heteroatoms. The van der Waals surface area contributed by atoms with Gasteiger partial charge >= 0.3 is 6.11 Å². The molecule has 0 saturated heterocycles. The lowest BCUT2D eigenvalue weighted by atomic mass is 9.81. The van der Waals surface area contributed by atoms with Crippen LogP contribution in [0, 0.1) is 29.3 Å². The zero-order valence-electron chi connectivity index (χ0n) is 14.9. The Morgan fingerprint density at radius 1 is 0.885 bits per heavy atom. The fourth-order valence-corrected chi connectivity index (χ4v) is 4.24. The van der Waals surface area contributed by atoms with Gasteiger partial charge in [-0.1, -0.05) is 19.8 Å². The molecule has 0 spiro atoms. The van der Waals surface area contributed by atoms with Crippen molar-refractivity contribution < 1.29 is 29.5 Å². The predicted molar refractivity (Wildman–Crippen MR) is 92.7 cm³/mol. The van der Waals surface area contributed by atoms with Crippen molar-refractivity contribution in [2.24, 2.45) is 11.8 Å². The first kappa shape index (κ1) is 19.6. The van der Waals surface area contributed by atoms with Crippen molar-refractivity contribution in [3.8, 4) is 0 Å². The third-order valence-electron chi connectivity index (χ3n) is 5.97. The topological polar surface area (TPSA) is 9.23 Å². The molecule has 3 rings (SSSR count). The molecule has 2 aliphatic carbocycles. The average molecular weight is 380 g/mol. The molecule has 0 radical (unpaired) electrons. The second-order valence-electron chi connectivity index (χ2n) is 7.91. The summed E-state index contributed by atoms with van der Waals surface area (Å²) >= 11 is 0. The second kappa shape index (κ2) is 7.83. The van der Waals surface area contributed by atoms with Crippen molar-refractivity contribution in [3.63, 3.8) is 0 Å². The van der Waals surface area contributed by atoms with Gasteiger partial charge in [-0.3, -0.25) is 0 Å². The summed E-state index contributed by atoms with van der Waals surface area (Å²) in [6.07, 6.45) is 0.709. The minimum Gasteiger partial charge on any atom is -0.317 e. The summed E-state index contributed by atoms with van der Waals surface area (Å²) < 4.78 is 73.9. The highest BCUT2D eigenvalue weighted by Crippen LogP contribution is 2.43. The van der Waals surface area contributed by atoms with E-state index in [0.29, 0.717) is 50.0 Å². The number of hydrogen-bond acceptors (Lipinski definition) is 1. The van der Waals surface area contributed by atoms with E-state index in [9.17, 15) is 22.0 Å². The summed E-state index contributed by atoms with van der Waals surface area (Å²) in [7, 11) is 0. The van der Waals surface area contributed by atoms with E-state index in [1.807, 2.05) is 0 Å². The Morgan fingerprint density at radius 3 is 1.96 bits per heavy atom. The van der Waals surface area contributed by atoms with Crippen LogP contribution in [0.4, 0.5) is 22.0 Å². The van der Waals surface area contributed by atoms with Crippen LogP contribution in [0.3, 0.4) is 0 Å². The van der Waals surface area contributed by atoms with E-state index in [0.717, 1.165) is 25.0 Å². The fraction of sp³-hybridized carbons (Fsp3) is 0.700. The van der Waals surface area contributed by atoms with Gasteiger partial charge in [0.05, 0.1) is 12.0 Å². The van der Waals surface area contributed by atoms with Crippen LogP contribution in [0.2, 0.25) is 0 Å². The quantitative estimate of drug-likeness (QED) is 0.401. The Hall–Kier alpha value is -1.17. The third kappa shape index (κ3) is 4.38. The SMILES string of the molecule is CC1CCC(C(F)(F)OC2CCC(c3cc(F)c(F)c(F)c3)CC2)CC1.[HH].[HH]. The Labute approximate surface area is 153 Å². The monoisotopic (exact) mass is 380 g/mol. The van der Waals surface area contributed by atoms with Crippen LogP contribution in [-0.2, 0) is 4.74 Å². The molecule has 0 unspecified atom stereocenters. The first-order valence-electron chi connectivity index (χ1n) is 9.46. The first-order chi connectivity index (χ1) is 12.3. The van der Waals surface area contributed by atoms with Crippen LogP contribution in [0.1, 0.15) is 72.6 Å². The Balaban J connectivity index is 0.00000196. The molecule has 1 nitrogen and oxygen atoms in total. The molecule has 1 aromatic rings. The molecule has 0 aromatic heterocycles. The van der Waals surface area contributed by atoms with Gasteiger partial charge in [-0.25, -0.2) is 13.2 Å². The highest BCUT2D eigenvalue weighted by Gasteiger charge is 2.44. The molecule has 2 fully saturated rings. The van der Waals surface area contributed by atoms with Crippen LogP contribution in [0.25, 0.3) is 0 Å². The van der Waals surface area contributed by atoms with E-state index in [2.05, 4.69) is 6.92 Å². The predicted octanol–water partition coefficient (Wildman–Crippen LogP) is 7.06. The summed E-state index contributed by atoms with van der Waals surface area (Å²) in [5.74, 6) is -4.30. The van der Waals surface area contributed by atoms with E-state index < -0.39 is 35.6 Å². The lowest BCUT2D eigenvalue weighted by Gasteiger charge is -2.36. The number of alkyl halides is 2. The van der Waals surface area contributed by atoms with Gasteiger partial charge in [0, 0.05) is 2.85 Å². The van der Waals surface area contributed by atoms with Crippen LogP contribution < -0.4 is 0 Å². The van der Waals surface area contributed by atoms with E-state index in [1.54, 1.807) is 0 Å². The average Bonchev–Trinajstić information content (AvgIpc) is 2.60. The summed E-state index contributed by atoms with van der Waals surface area (Å²) in [5.41, 5.74) is 0.382. The van der Waals surface area contributed by atoms with Gasteiger partial charge in [-0.2, -0.15) is 8.78 Å². The number of benzene rings is 1. The smallest absolute Gasteiger partial charge is 0.317 e. The first-order valence-corrected chi connectivity index (χ1v) is 9.46. The molecular formula is C20H29F5O. The van der Waals surface area contributed by atoms with Crippen molar-refractivity contribution in [2.75, 3.05) is 0 Å². The van der Waals surface area contributed by atoms with Gasteiger partial charge < -0.3 is 4.74 Å². The van der Waals surface area contributed by atoms with Gasteiger partial charge in [-0.05, 0) is 68.1 Å². The number of rotatable bonds is 4. The van der Waals surface area contributed by atoms with Crippen LogP contribution in [0.5, 0.6) is 0 Å². The zero-order valence-corrected chi connectivity index (χ0v) is 14.9. The van der Waals surface area contributed by atoms with E-state index in [1.165, 1.54) is 0 Å². The minimum absolute atomic E-state index is 0. The maximum atomic E-state index is 14.4. The van der Waals surface area contributed by atoms with Crippen molar-refractivity contribution in [2.45, 2.75) is 76.4 Å². The highest BCUT2D eigenvalue weighted by atomic mass is 19.3. The maximum absolute atomic E-state index is 14.4. The summed E-state index contributed by atoms with van der Waals surface area (Å²) in [5, 5.41) is 0. The largest absolute Gasteiger partial charge is 0.358 e. The molecular weight excluding hydrogens is 351 g/mol. The molecule has 1 aromatic carbocycles. The van der Waals surface area contributed by atoms with Gasteiger partial charge in [-0.15, -0.1) is 0 Å². The molecule has 0 aliphatic heterocycles. The van der Waals surface area contributed by atoms with Gasteiger partial charge in [0.1, 0.15) is 0 Å².